The van der Waals surface area contributed by atoms with E-state index in [1.165, 1.54) is 24.0 Å². The summed E-state index contributed by atoms with van der Waals surface area (Å²) in [6, 6.07) is 8.66. The maximum atomic E-state index is 4.26. The molecule has 2 aliphatic rings. The van der Waals surface area contributed by atoms with Gasteiger partial charge in [-0.25, -0.2) is 0 Å². The summed E-state index contributed by atoms with van der Waals surface area (Å²) in [5.74, 6) is 0.863. The molecule has 0 aromatic heterocycles. The van der Waals surface area contributed by atoms with Crippen molar-refractivity contribution in [3.63, 3.8) is 0 Å². The molecular weight excluding hydrogens is 236 g/mol. The third kappa shape index (κ3) is 3.02. The molecule has 0 fully saturated rings. The minimum absolute atomic E-state index is 0.754. The van der Waals surface area contributed by atoms with Gasteiger partial charge >= 0.3 is 0 Å². The summed E-state index contributed by atoms with van der Waals surface area (Å²) in [7, 11) is 0. The largest absolute Gasteiger partial charge is 0.307 e. The first-order chi connectivity index (χ1) is 9.42. The molecule has 3 rings (SSSR count). The number of hydrazine groups is 1. The monoisotopic (exact) mass is 254 g/mol. The highest BCUT2D eigenvalue weighted by atomic mass is 15.4. The van der Waals surface area contributed by atoms with Crippen LogP contribution in [0.3, 0.4) is 0 Å². The highest BCUT2D eigenvalue weighted by Crippen LogP contribution is 2.15. The average molecular weight is 254 g/mol. The van der Waals surface area contributed by atoms with E-state index in [1.54, 1.807) is 0 Å². The Morgan fingerprint density at radius 1 is 1.11 bits per heavy atom. The number of amidine groups is 1. The van der Waals surface area contributed by atoms with E-state index < -0.39 is 0 Å². The van der Waals surface area contributed by atoms with Gasteiger partial charge in [-0.2, -0.15) is 5.10 Å². The van der Waals surface area contributed by atoms with Crippen molar-refractivity contribution in [2.75, 3.05) is 0 Å². The van der Waals surface area contributed by atoms with E-state index >= 15 is 0 Å². The van der Waals surface area contributed by atoms with Gasteiger partial charge in [0.1, 0.15) is 5.84 Å². The number of aryl methyl sites for hydroxylation is 1. The van der Waals surface area contributed by atoms with Crippen LogP contribution in [0.2, 0.25) is 0 Å². The van der Waals surface area contributed by atoms with Crippen LogP contribution in [0.5, 0.6) is 0 Å². The standard InChI is InChI=1S/C15H18N4/c1-2-4-9-16-18-15-11-14(17-19-15)13-8-5-7-12(10-13)6-3-1/h4-5,7-10,16H,1-3,6,11H2,(H,18,19)/b9-4-. The third-order valence-electron chi connectivity index (χ3n) is 3.39. The molecule has 0 unspecified atom stereocenters. The first-order valence-electron chi connectivity index (χ1n) is 6.81. The average Bonchev–Trinajstić information content (AvgIpc) is 2.90. The van der Waals surface area contributed by atoms with Crippen LogP contribution in [0.25, 0.3) is 0 Å². The fraction of sp³-hybridized carbons (Fsp3) is 0.333. The van der Waals surface area contributed by atoms with Crippen LogP contribution in [0.1, 0.15) is 36.8 Å². The first-order valence-corrected chi connectivity index (χ1v) is 6.81. The van der Waals surface area contributed by atoms with Crippen LogP contribution >= 0.6 is 0 Å². The molecule has 0 aliphatic carbocycles. The minimum atomic E-state index is 0.754. The summed E-state index contributed by atoms with van der Waals surface area (Å²) in [4.78, 5) is 0. The lowest BCUT2D eigenvalue weighted by molar-refractivity contribution is 0.738. The minimum Gasteiger partial charge on any atom is -0.307 e. The number of benzene rings is 1. The summed E-state index contributed by atoms with van der Waals surface area (Å²) in [6.07, 6.45) is 9.50. The molecule has 0 saturated heterocycles. The van der Waals surface area contributed by atoms with Gasteiger partial charge in [0, 0.05) is 6.20 Å². The van der Waals surface area contributed by atoms with Gasteiger partial charge < -0.3 is 5.43 Å². The van der Waals surface area contributed by atoms with E-state index in [9.17, 15) is 0 Å². The fourth-order valence-electron chi connectivity index (χ4n) is 2.34. The predicted octanol–water partition coefficient (Wildman–Crippen LogP) is 2.53. The zero-order valence-corrected chi connectivity index (χ0v) is 10.9. The Hall–Kier alpha value is -2.10. The number of nitrogens with zero attached hydrogens (tertiary/aromatic N) is 2. The van der Waals surface area contributed by atoms with Crippen molar-refractivity contribution in [3.8, 4) is 0 Å². The molecule has 1 aromatic carbocycles. The summed E-state index contributed by atoms with van der Waals surface area (Å²) in [5.41, 5.74) is 9.72. The third-order valence-corrected chi connectivity index (χ3v) is 3.39. The number of nitrogens with one attached hydrogen (secondary N) is 2. The van der Waals surface area contributed by atoms with Crippen molar-refractivity contribution in [1.82, 2.24) is 10.9 Å². The summed E-state index contributed by atoms with van der Waals surface area (Å²) in [5, 5.41) is 8.42. The van der Waals surface area contributed by atoms with Gasteiger partial charge in [0.05, 0.1) is 12.1 Å². The number of fused-ring (bicyclic) bond motifs is 5. The Labute approximate surface area is 113 Å². The molecule has 0 saturated carbocycles. The highest BCUT2D eigenvalue weighted by molar-refractivity contribution is 6.14. The lowest BCUT2D eigenvalue weighted by Gasteiger charge is -2.08. The van der Waals surface area contributed by atoms with Crippen LogP contribution in [-0.2, 0) is 6.42 Å². The molecule has 2 heterocycles. The van der Waals surface area contributed by atoms with Gasteiger partial charge in [-0.1, -0.05) is 24.3 Å². The Kier molecular flexibility index (Phi) is 3.58. The van der Waals surface area contributed by atoms with Gasteiger partial charge in [-0.15, -0.1) is 5.10 Å². The zero-order valence-electron chi connectivity index (χ0n) is 10.9. The topological polar surface area (TPSA) is 48.8 Å². The molecule has 4 bridgehead atoms. The van der Waals surface area contributed by atoms with Crippen molar-refractivity contribution in [3.05, 3.63) is 47.7 Å². The fourth-order valence-corrected chi connectivity index (χ4v) is 2.34. The zero-order chi connectivity index (χ0) is 12.9. The Bertz CT molecular complexity index is 543. The second kappa shape index (κ2) is 5.69. The van der Waals surface area contributed by atoms with Gasteiger partial charge in [-0.3, -0.25) is 5.43 Å². The molecule has 0 spiro atoms. The van der Waals surface area contributed by atoms with Crippen molar-refractivity contribution in [1.29, 1.82) is 0 Å². The van der Waals surface area contributed by atoms with Crippen LogP contribution in [-0.4, -0.2) is 11.5 Å². The molecule has 19 heavy (non-hydrogen) atoms. The van der Waals surface area contributed by atoms with Gasteiger partial charge in [-0.05, 0) is 42.9 Å². The number of hydrogen-bond acceptors (Lipinski definition) is 4. The lowest BCUT2D eigenvalue weighted by Crippen LogP contribution is -2.33. The van der Waals surface area contributed by atoms with Crippen molar-refractivity contribution >= 4 is 11.5 Å². The van der Waals surface area contributed by atoms with E-state index in [2.05, 4.69) is 51.4 Å². The Balaban J connectivity index is 1.81. The van der Waals surface area contributed by atoms with Crippen LogP contribution in [0, 0.1) is 0 Å². The summed E-state index contributed by atoms with van der Waals surface area (Å²) >= 11 is 0. The maximum Gasteiger partial charge on any atom is 0.149 e. The van der Waals surface area contributed by atoms with Gasteiger partial charge in [0.15, 0.2) is 0 Å². The molecule has 4 nitrogen and oxygen atoms in total. The molecule has 1 aromatic rings. The normalized spacial score (nSPS) is 20.4. The van der Waals surface area contributed by atoms with Gasteiger partial charge in [0.2, 0.25) is 0 Å². The second-order valence-electron chi connectivity index (χ2n) is 4.89. The molecule has 2 N–H and O–H groups in total. The SMILES string of the molecule is C1=C\NNC2=NN=C(C2)c2cccc(c2)CCCC/1. The number of hydrogen-bond donors (Lipinski definition) is 2. The smallest absolute Gasteiger partial charge is 0.149 e. The van der Waals surface area contributed by atoms with E-state index in [4.69, 9.17) is 0 Å². The van der Waals surface area contributed by atoms with Crippen LogP contribution in [0.4, 0.5) is 0 Å². The van der Waals surface area contributed by atoms with E-state index in [0.717, 1.165) is 30.8 Å². The predicted molar refractivity (Wildman–Crippen MR) is 78.0 cm³/mol. The molecule has 0 amide bonds. The first kappa shape index (κ1) is 12.0. The molecule has 0 atom stereocenters. The van der Waals surface area contributed by atoms with Crippen molar-refractivity contribution < 1.29 is 0 Å². The second-order valence-corrected chi connectivity index (χ2v) is 4.89. The summed E-state index contributed by atoms with van der Waals surface area (Å²) in [6.45, 7) is 0. The Morgan fingerprint density at radius 3 is 3.11 bits per heavy atom. The maximum absolute atomic E-state index is 4.26. The molecule has 2 aliphatic heterocycles. The Morgan fingerprint density at radius 2 is 2.11 bits per heavy atom. The lowest BCUT2D eigenvalue weighted by atomic mass is 10.0. The quantitative estimate of drug-likeness (QED) is 0.747. The highest BCUT2D eigenvalue weighted by Gasteiger charge is 2.14. The van der Waals surface area contributed by atoms with Crippen LogP contribution in [0.15, 0.2) is 46.7 Å². The van der Waals surface area contributed by atoms with Crippen LogP contribution < -0.4 is 10.9 Å². The van der Waals surface area contributed by atoms with Crippen molar-refractivity contribution in [2.45, 2.75) is 32.1 Å². The summed E-state index contributed by atoms with van der Waals surface area (Å²) < 4.78 is 0. The van der Waals surface area contributed by atoms with E-state index in [-0.39, 0.29) is 0 Å². The van der Waals surface area contributed by atoms with E-state index in [1.807, 2.05) is 6.20 Å². The molecular formula is C15H18N4. The van der Waals surface area contributed by atoms with Crippen molar-refractivity contribution in [2.24, 2.45) is 10.2 Å². The molecule has 4 heteroatoms. The number of rotatable bonds is 0. The molecule has 0 radical (unpaired) electrons. The van der Waals surface area contributed by atoms with E-state index in [0.29, 0.717) is 0 Å². The molecule has 98 valence electrons. The number of allylic oxidation sites excluding steroid dienone is 1. The van der Waals surface area contributed by atoms with Gasteiger partial charge in [0.25, 0.3) is 0 Å².